The summed E-state index contributed by atoms with van der Waals surface area (Å²) in [5.41, 5.74) is 1.22. The van der Waals surface area contributed by atoms with Crippen molar-refractivity contribution >= 4 is 28.8 Å². The highest BCUT2D eigenvalue weighted by Gasteiger charge is 2.14. The van der Waals surface area contributed by atoms with Gasteiger partial charge in [0, 0.05) is 24.2 Å². The number of amides is 2. The predicted molar refractivity (Wildman–Crippen MR) is 101 cm³/mol. The Morgan fingerprint density at radius 2 is 1.85 bits per heavy atom. The van der Waals surface area contributed by atoms with Gasteiger partial charge in [0.15, 0.2) is 4.80 Å². The molecule has 3 aromatic rings. The van der Waals surface area contributed by atoms with Gasteiger partial charge >= 0.3 is 0 Å². The number of anilines is 1. The van der Waals surface area contributed by atoms with Crippen molar-refractivity contribution < 1.29 is 14.3 Å². The number of aromatic nitrogens is 1. The number of nitrogens with one attached hydrogen (secondary N) is 1. The van der Waals surface area contributed by atoms with Crippen LogP contribution in [0.4, 0.5) is 5.69 Å². The molecule has 0 spiro atoms. The van der Waals surface area contributed by atoms with Gasteiger partial charge in [-0.15, -0.1) is 11.3 Å². The maximum atomic E-state index is 12.5. The van der Waals surface area contributed by atoms with Crippen LogP contribution in [-0.2, 0) is 7.05 Å². The summed E-state index contributed by atoms with van der Waals surface area (Å²) < 4.78 is 6.85. The Morgan fingerprint density at radius 3 is 2.50 bits per heavy atom. The summed E-state index contributed by atoms with van der Waals surface area (Å²) in [6.45, 7) is 0. The summed E-state index contributed by atoms with van der Waals surface area (Å²) in [6.07, 6.45) is 1.83. The van der Waals surface area contributed by atoms with E-state index >= 15 is 0 Å². The standard InChI is InChI=1S/C19H17N3O3S/c1-22-11-12-26-19(22)21-18(24)15-5-3-4-6-16(15)20-17(23)13-7-9-14(25-2)10-8-13/h3-12H,1-2H3,(H,20,23). The summed E-state index contributed by atoms with van der Waals surface area (Å²) in [6, 6.07) is 13.5. The molecule has 1 heterocycles. The number of rotatable bonds is 4. The van der Waals surface area contributed by atoms with Crippen LogP contribution in [0.2, 0.25) is 0 Å². The lowest BCUT2D eigenvalue weighted by atomic mass is 10.1. The second-order valence-electron chi connectivity index (χ2n) is 5.44. The van der Waals surface area contributed by atoms with Crippen molar-refractivity contribution in [2.45, 2.75) is 0 Å². The van der Waals surface area contributed by atoms with E-state index in [9.17, 15) is 9.59 Å². The van der Waals surface area contributed by atoms with Gasteiger partial charge in [-0.25, -0.2) is 0 Å². The molecule has 0 bridgehead atoms. The number of ether oxygens (including phenoxy) is 1. The van der Waals surface area contributed by atoms with Crippen molar-refractivity contribution in [2.75, 3.05) is 12.4 Å². The van der Waals surface area contributed by atoms with Crippen molar-refractivity contribution in [1.29, 1.82) is 0 Å². The molecule has 2 aromatic carbocycles. The molecule has 0 saturated carbocycles. The first-order valence-corrected chi connectivity index (χ1v) is 8.70. The molecule has 1 N–H and O–H groups in total. The molecule has 3 rings (SSSR count). The number of aryl methyl sites for hydroxylation is 1. The Bertz CT molecular complexity index is 1000. The number of carbonyl (C=O) groups excluding carboxylic acids is 2. The fourth-order valence-corrected chi connectivity index (χ4v) is 3.03. The molecule has 26 heavy (non-hydrogen) atoms. The molecule has 0 fully saturated rings. The van der Waals surface area contributed by atoms with Crippen molar-refractivity contribution in [3.63, 3.8) is 0 Å². The van der Waals surface area contributed by atoms with Crippen molar-refractivity contribution in [3.05, 3.63) is 76.0 Å². The predicted octanol–water partition coefficient (Wildman–Crippen LogP) is 3.09. The fourth-order valence-electron chi connectivity index (χ4n) is 2.30. The lowest BCUT2D eigenvalue weighted by molar-refractivity contribution is 0.0998. The molecule has 0 radical (unpaired) electrons. The van der Waals surface area contributed by atoms with Gasteiger partial charge in [0.2, 0.25) is 0 Å². The monoisotopic (exact) mass is 367 g/mol. The molecule has 6 nitrogen and oxygen atoms in total. The smallest absolute Gasteiger partial charge is 0.281 e. The number of para-hydroxylation sites is 1. The van der Waals surface area contributed by atoms with Crippen LogP contribution in [0.25, 0.3) is 0 Å². The largest absolute Gasteiger partial charge is 0.497 e. The number of hydrogen-bond donors (Lipinski definition) is 1. The molecule has 132 valence electrons. The van der Waals surface area contributed by atoms with Gasteiger partial charge in [-0.05, 0) is 36.4 Å². The number of carbonyl (C=O) groups is 2. The van der Waals surface area contributed by atoms with E-state index in [-0.39, 0.29) is 5.91 Å². The summed E-state index contributed by atoms with van der Waals surface area (Å²) in [5, 5.41) is 4.63. The number of hydrogen-bond acceptors (Lipinski definition) is 4. The van der Waals surface area contributed by atoms with Gasteiger partial charge in [-0.3, -0.25) is 9.59 Å². The lowest BCUT2D eigenvalue weighted by Gasteiger charge is -2.09. The van der Waals surface area contributed by atoms with E-state index < -0.39 is 5.91 Å². The van der Waals surface area contributed by atoms with Crippen molar-refractivity contribution in [2.24, 2.45) is 12.0 Å². The summed E-state index contributed by atoms with van der Waals surface area (Å²) in [7, 11) is 3.38. The number of benzene rings is 2. The van der Waals surface area contributed by atoms with Gasteiger partial charge in [-0.2, -0.15) is 4.99 Å². The quantitative estimate of drug-likeness (QED) is 0.770. The van der Waals surface area contributed by atoms with Crippen molar-refractivity contribution in [1.82, 2.24) is 4.57 Å². The Morgan fingerprint density at radius 1 is 1.12 bits per heavy atom. The summed E-state index contributed by atoms with van der Waals surface area (Å²) in [5.74, 6) is -0.0528. The average molecular weight is 367 g/mol. The highest BCUT2D eigenvalue weighted by molar-refractivity contribution is 7.07. The van der Waals surface area contributed by atoms with E-state index in [1.807, 2.05) is 18.6 Å². The molecule has 0 aliphatic rings. The van der Waals surface area contributed by atoms with Gasteiger partial charge < -0.3 is 14.6 Å². The maximum absolute atomic E-state index is 12.5. The lowest BCUT2D eigenvalue weighted by Crippen LogP contribution is -2.16. The Kier molecular flexibility index (Phi) is 5.28. The summed E-state index contributed by atoms with van der Waals surface area (Å²) >= 11 is 1.37. The van der Waals surface area contributed by atoms with Crippen LogP contribution in [0.1, 0.15) is 20.7 Å². The SMILES string of the molecule is COc1ccc(C(=O)Nc2ccccc2C(=O)N=c2sccn2C)cc1. The zero-order chi connectivity index (χ0) is 18.5. The number of methoxy groups -OCH3 is 1. The molecule has 0 unspecified atom stereocenters. The van der Waals surface area contributed by atoms with Gasteiger partial charge in [0.25, 0.3) is 11.8 Å². The van der Waals surface area contributed by atoms with Crippen LogP contribution in [-0.4, -0.2) is 23.5 Å². The molecule has 0 aliphatic heterocycles. The van der Waals surface area contributed by atoms with Crippen LogP contribution in [0.5, 0.6) is 5.75 Å². The summed E-state index contributed by atoms with van der Waals surface area (Å²) in [4.78, 5) is 29.7. The van der Waals surface area contributed by atoms with Gasteiger partial charge in [0.1, 0.15) is 5.75 Å². The average Bonchev–Trinajstić information content (AvgIpc) is 3.06. The molecular weight excluding hydrogens is 350 g/mol. The third-order valence-corrected chi connectivity index (χ3v) is 4.56. The first-order valence-electron chi connectivity index (χ1n) is 7.82. The van der Waals surface area contributed by atoms with Crippen LogP contribution >= 0.6 is 11.3 Å². The highest BCUT2D eigenvalue weighted by atomic mass is 32.1. The third-order valence-electron chi connectivity index (χ3n) is 3.71. The minimum Gasteiger partial charge on any atom is -0.497 e. The van der Waals surface area contributed by atoms with Crippen LogP contribution < -0.4 is 14.9 Å². The van der Waals surface area contributed by atoms with E-state index in [4.69, 9.17) is 4.74 Å². The molecule has 0 atom stereocenters. The van der Waals surface area contributed by atoms with E-state index in [1.165, 1.54) is 11.3 Å². The zero-order valence-corrected chi connectivity index (χ0v) is 15.1. The second kappa shape index (κ2) is 7.79. The molecule has 0 aliphatic carbocycles. The Hall–Kier alpha value is -3.19. The Labute approximate surface area is 154 Å². The minimum absolute atomic E-state index is 0.311. The van der Waals surface area contributed by atoms with E-state index in [1.54, 1.807) is 60.2 Å². The van der Waals surface area contributed by atoms with Crippen LogP contribution in [0.3, 0.4) is 0 Å². The van der Waals surface area contributed by atoms with E-state index in [0.717, 1.165) is 0 Å². The minimum atomic E-state index is -0.409. The molecular formula is C19H17N3O3S. The fraction of sp³-hybridized carbons (Fsp3) is 0.105. The van der Waals surface area contributed by atoms with Crippen molar-refractivity contribution in [3.8, 4) is 5.75 Å². The third kappa shape index (κ3) is 3.89. The Balaban J connectivity index is 1.86. The molecule has 2 amide bonds. The van der Waals surface area contributed by atoms with Gasteiger partial charge in [0.05, 0.1) is 18.4 Å². The van der Waals surface area contributed by atoms with E-state index in [0.29, 0.717) is 27.4 Å². The molecule has 7 heteroatoms. The van der Waals surface area contributed by atoms with Gasteiger partial charge in [-0.1, -0.05) is 12.1 Å². The maximum Gasteiger partial charge on any atom is 0.281 e. The number of thiazole rings is 1. The first kappa shape index (κ1) is 17.6. The van der Waals surface area contributed by atoms with Crippen LogP contribution in [0.15, 0.2) is 65.1 Å². The van der Waals surface area contributed by atoms with Crippen LogP contribution in [0, 0.1) is 0 Å². The zero-order valence-electron chi connectivity index (χ0n) is 14.3. The normalized spacial score (nSPS) is 11.2. The molecule has 0 saturated heterocycles. The number of nitrogens with zero attached hydrogens (tertiary/aromatic N) is 2. The first-order chi connectivity index (χ1) is 12.6. The second-order valence-corrected chi connectivity index (χ2v) is 6.31. The highest BCUT2D eigenvalue weighted by Crippen LogP contribution is 2.18. The van der Waals surface area contributed by atoms with E-state index in [2.05, 4.69) is 10.3 Å². The molecule has 1 aromatic heterocycles. The topological polar surface area (TPSA) is 72.7 Å².